The molecule has 1 aromatic heterocycles. The Morgan fingerprint density at radius 2 is 1.81 bits per heavy atom. The second kappa shape index (κ2) is 11.9. The zero-order valence-corrected chi connectivity index (χ0v) is 22.3. The molecule has 0 atom stereocenters. The Morgan fingerprint density at radius 1 is 1.06 bits per heavy atom. The van der Waals surface area contributed by atoms with Crippen molar-refractivity contribution in [2.75, 3.05) is 20.0 Å². The summed E-state index contributed by atoms with van der Waals surface area (Å²) in [5, 5.41) is 13.4. The number of aromatic nitrogens is 3. The number of carbonyl (C=O) groups is 1. The van der Waals surface area contributed by atoms with E-state index in [9.17, 15) is 4.79 Å². The van der Waals surface area contributed by atoms with Gasteiger partial charge in [-0.15, -0.1) is 10.2 Å². The van der Waals surface area contributed by atoms with Crippen molar-refractivity contribution in [1.82, 2.24) is 20.2 Å². The number of hydrazone groups is 1. The van der Waals surface area contributed by atoms with Gasteiger partial charge in [-0.1, -0.05) is 41.6 Å². The van der Waals surface area contributed by atoms with Crippen LogP contribution in [0, 0.1) is 6.92 Å². The predicted octanol–water partition coefficient (Wildman–Crippen LogP) is 5.26. The molecule has 1 N–H and O–H groups in total. The van der Waals surface area contributed by atoms with Crippen molar-refractivity contribution in [3.63, 3.8) is 0 Å². The molecule has 8 nitrogen and oxygen atoms in total. The molecule has 36 heavy (non-hydrogen) atoms. The molecule has 10 heteroatoms. The van der Waals surface area contributed by atoms with Crippen LogP contribution in [-0.4, -0.2) is 46.9 Å². The number of hydrogen-bond donors (Lipinski definition) is 1. The number of ether oxygens (including phenoxy) is 2. The molecule has 0 saturated heterocycles. The van der Waals surface area contributed by atoms with Gasteiger partial charge in [0.05, 0.1) is 30.7 Å². The number of nitrogens with zero attached hydrogens (tertiary/aromatic N) is 4. The number of halogens is 1. The minimum absolute atomic E-state index is 0.117. The predicted molar refractivity (Wildman–Crippen MR) is 145 cm³/mol. The smallest absolute Gasteiger partial charge is 0.250 e. The summed E-state index contributed by atoms with van der Waals surface area (Å²) in [7, 11) is 3.23. The molecule has 0 saturated carbocycles. The third-order valence-corrected chi connectivity index (χ3v) is 6.73. The molecule has 0 spiro atoms. The van der Waals surface area contributed by atoms with Crippen LogP contribution < -0.4 is 14.9 Å². The lowest BCUT2D eigenvalue weighted by atomic mass is 10.1. The van der Waals surface area contributed by atoms with Crippen molar-refractivity contribution in [2.45, 2.75) is 12.1 Å². The molecule has 0 bridgehead atoms. The summed E-state index contributed by atoms with van der Waals surface area (Å²) < 4.78 is 13.2. The van der Waals surface area contributed by atoms with Crippen LogP contribution in [0.25, 0.3) is 17.1 Å². The van der Waals surface area contributed by atoms with Crippen LogP contribution in [0.2, 0.25) is 0 Å². The van der Waals surface area contributed by atoms with Crippen LogP contribution in [-0.2, 0) is 4.79 Å². The molecule has 0 radical (unpaired) electrons. The van der Waals surface area contributed by atoms with Crippen LogP contribution in [0.4, 0.5) is 0 Å². The van der Waals surface area contributed by atoms with Gasteiger partial charge in [-0.3, -0.25) is 9.36 Å². The Hall–Kier alpha value is -3.63. The number of thioether (sulfide) groups is 1. The maximum absolute atomic E-state index is 12.5. The van der Waals surface area contributed by atoms with Gasteiger partial charge in [0.1, 0.15) is 11.5 Å². The lowest BCUT2D eigenvalue weighted by Crippen LogP contribution is -2.20. The highest BCUT2D eigenvalue weighted by atomic mass is 79.9. The molecular weight excluding hydrogens is 542 g/mol. The fourth-order valence-electron chi connectivity index (χ4n) is 3.32. The van der Waals surface area contributed by atoms with E-state index in [1.54, 1.807) is 20.4 Å². The lowest BCUT2D eigenvalue weighted by molar-refractivity contribution is -0.118. The summed E-state index contributed by atoms with van der Waals surface area (Å²) in [6.07, 6.45) is 1.57. The largest absolute Gasteiger partial charge is 0.497 e. The highest BCUT2D eigenvalue weighted by Gasteiger charge is 2.17. The molecule has 1 amide bonds. The summed E-state index contributed by atoms with van der Waals surface area (Å²) in [6, 6.07) is 21.2. The fourth-order valence-corrected chi connectivity index (χ4v) is 4.62. The van der Waals surface area contributed by atoms with E-state index in [4.69, 9.17) is 9.47 Å². The van der Waals surface area contributed by atoms with Gasteiger partial charge in [0.2, 0.25) is 0 Å². The van der Waals surface area contributed by atoms with Gasteiger partial charge < -0.3 is 9.47 Å². The summed E-state index contributed by atoms with van der Waals surface area (Å²) in [5.41, 5.74) is 6.32. The summed E-state index contributed by atoms with van der Waals surface area (Å²) >= 11 is 4.72. The first kappa shape index (κ1) is 25.5. The number of nitrogens with one attached hydrogen (secondary N) is 1. The Bertz CT molecular complexity index is 1370. The van der Waals surface area contributed by atoms with Gasteiger partial charge in [-0.05, 0) is 70.9 Å². The van der Waals surface area contributed by atoms with E-state index in [0.717, 1.165) is 38.3 Å². The van der Waals surface area contributed by atoms with E-state index in [0.29, 0.717) is 11.0 Å². The second-order valence-electron chi connectivity index (χ2n) is 7.68. The molecule has 0 aliphatic rings. The average molecular weight is 566 g/mol. The molecule has 4 rings (SSSR count). The van der Waals surface area contributed by atoms with Crippen molar-refractivity contribution in [3.8, 4) is 28.6 Å². The first-order valence-electron chi connectivity index (χ1n) is 10.9. The molecule has 3 aromatic carbocycles. The highest BCUT2D eigenvalue weighted by molar-refractivity contribution is 9.10. The minimum atomic E-state index is -0.259. The summed E-state index contributed by atoms with van der Waals surface area (Å²) in [5.74, 6) is 2.01. The van der Waals surface area contributed by atoms with Crippen molar-refractivity contribution in [3.05, 3.63) is 82.3 Å². The number of amides is 1. The van der Waals surface area contributed by atoms with E-state index >= 15 is 0 Å². The summed E-state index contributed by atoms with van der Waals surface area (Å²) in [4.78, 5) is 12.5. The highest BCUT2D eigenvalue weighted by Crippen LogP contribution is 2.29. The number of rotatable bonds is 9. The van der Waals surface area contributed by atoms with Crippen molar-refractivity contribution in [1.29, 1.82) is 0 Å². The quantitative estimate of drug-likeness (QED) is 0.169. The maximum Gasteiger partial charge on any atom is 0.250 e. The zero-order chi connectivity index (χ0) is 25.5. The fraction of sp³-hybridized carbons (Fsp3) is 0.154. The topological polar surface area (TPSA) is 90.6 Å². The van der Waals surface area contributed by atoms with Gasteiger partial charge in [0.15, 0.2) is 11.0 Å². The van der Waals surface area contributed by atoms with Gasteiger partial charge in [-0.2, -0.15) is 5.10 Å². The first-order chi connectivity index (χ1) is 17.5. The number of carbonyl (C=O) groups excluding carboxylic acids is 1. The number of methoxy groups -OCH3 is 2. The van der Waals surface area contributed by atoms with E-state index in [1.807, 2.05) is 78.2 Å². The molecule has 0 unspecified atom stereocenters. The Morgan fingerprint density at radius 3 is 2.47 bits per heavy atom. The van der Waals surface area contributed by atoms with Gasteiger partial charge in [0, 0.05) is 11.3 Å². The van der Waals surface area contributed by atoms with E-state index in [1.165, 1.54) is 11.8 Å². The zero-order valence-electron chi connectivity index (χ0n) is 19.9. The number of hydrogen-bond acceptors (Lipinski definition) is 7. The number of benzene rings is 3. The Labute approximate surface area is 221 Å². The van der Waals surface area contributed by atoms with Crippen LogP contribution in [0.15, 0.2) is 81.5 Å². The van der Waals surface area contributed by atoms with E-state index in [-0.39, 0.29) is 11.7 Å². The standard InChI is InChI=1S/C26H24BrN5O3S/c1-17-4-7-19(8-5-17)25-30-31-26(32(25)20-9-11-21(34-2)12-10-20)36-16-24(33)29-28-15-18-6-13-23(35-3)22(27)14-18/h4-15H,16H2,1-3H3,(H,29,33). The molecule has 0 aliphatic heterocycles. The first-order valence-corrected chi connectivity index (χ1v) is 12.7. The maximum atomic E-state index is 12.5. The third-order valence-electron chi connectivity index (χ3n) is 5.18. The molecule has 4 aromatic rings. The normalized spacial score (nSPS) is 11.0. The second-order valence-corrected chi connectivity index (χ2v) is 9.48. The van der Waals surface area contributed by atoms with Crippen molar-refractivity contribution >= 4 is 39.8 Å². The molecule has 0 aliphatic carbocycles. The lowest BCUT2D eigenvalue weighted by Gasteiger charge is -2.11. The van der Waals surface area contributed by atoms with Gasteiger partial charge in [-0.25, -0.2) is 5.43 Å². The molecular formula is C26H24BrN5O3S. The van der Waals surface area contributed by atoms with E-state index in [2.05, 4.69) is 36.7 Å². The van der Waals surface area contributed by atoms with Crippen molar-refractivity contribution < 1.29 is 14.3 Å². The van der Waals surface area contributed by atoms with Crippen molar-refractivity contribution in [2.24, 2.45) is 5.10 Å². The molecule has 1 heterocycles. The van der Waals surface area contributed by atoms with E-state index < -0.39 is 0 Å². The monoisotopic (exact) mass is 565 g/mol. The molecule has 0 fully saturated rings. The number of aryl methyl sites for hydroxylation is 1. The molecule has 184 valence electrons. The van der Waals surface area contributed by atoms with Crippen LogP contribution in [0.1, 0.15) is 11.1 Å². The Kier molecular flexibility index (Phi) is 8.40. The van der Waals surface area contributed by atoms with Crippen LogP contribution >= 0.6 is 27.7 Å². The summed E-state index contributed by atoms with van der Waals surface area (Å²) in [6.45, 7) is 2.04. The van der Waals surface area contributed by atoms with Crippen LogP contribution in [0.5, 0.6) is 11.5 Å². The average Bonchev–Trinajstić information content (AvgIpc) is 3.32. The third kappa shape index (κ3) is 6.13. The van der Waals surface area contributed by atoms with Crippen LogP contribution in [0.3, 0.4) is 0 Å². The van der Waals surface area contributed by atoms with Gasteiger partial charge in [0.25, 0.3) is 5.91 Å². The SMILES string of the molecule is COc1ccc(-n2c(SCC(=O)NN=Cc3ccc(OC)c(Br)c3)nnc2-c2ccc(C)cc2)cc1. The Balaban J connectivity index is 1.49. The van der Waals surface area contributed by atoms with Gasteiger partial charge >= 0.3 is 0 Å². The minimum Gasteiger partial charge on any atom is -0.497 e.